The highest BCUT2D eigenvalue weighted by Crippen LogP contribution is 2.37. The van der Waals surface area contributed by atoms with Gasteiger partial charge in [-0.2, -0.15) is 5.26 Å². The van der Waals surface area contributed by atoms with Crippen LogP contribution in [0.25, 0.3) is 11.1 Å². The number of aromatic nitrogens is 2. The molecule has 7 rings (SSSR count). The van der Waals surface area contributed by atoms with Crippen molar-refractivity contribution in [3.05, 3.63) is 160 Å². The summed E-state index contributed by atoms with van der Waals surface area (Å²) < 4.78 is 26.5. The molecule has 0 saturated carbocycles. The molecule has 268 valence electrons. The van der Waals surface area contributed by atoms with Crippen molar-refractivity contribution in [3.8, 4) is 40.2 Å². The molecule has 0 radical (unpaired) electrons. The lowest BCUT2D eigenvalue weighted by molar-refractivity contribution is 0.171. The monoisotopic (exact) mass is 724 g/mol. The Hall–Kier alpha value is -5.75. The van der Waals surface area contributed by atoms with Gasteiger partial charge in [0.2, 0.25) is 0 Å². The molecule has 0 unspecified atom stereocenters. The van der Waals surface area contributed by atoms with Crippen molar-refractivity contribution >= 4 is 11.6 Å². The summed E-state index contributed by atoms with van der Waals surface area (Å²) in [7, 11) is 0. The lowest BCUT2D eigenvalue weighted by Crippen LogP contribution is -2.28. The van der Waals surface area contributed by atoms with Crippen LogP contribution in [0.5, 0.6) is 23.0 Å². The zero-order valence-corrected chi connectivity index (χ0v) is 30.6. The van der Waals surface area contributed by atoms with E-state index < -0.39 is 0 Å². The van der Waals surface area contributed by atoms with Crippen LogP contribution in [-0.4, -0.2) is 28.8 Å². The Kier molecular flexibility index (Phi) is 11.2. The van der Waals surface area contributed by atoms with Crippen molar-refractivity contribution in [1.29, 1.82) is 5.26 Å². The first-order chi connectivity index (χ1) is 25.9. The molecule has 0 spiro atoms. The summed E-state index contributed by atoms with van der Waals surface area (Å²) in [5, 5.41) is 13.5. The van der Waals surface area contributed by atoms with Crippen LogP contribution in [0.4, 0.5) is 0 Å². The van der Waals surface area contributed by atoms with E-state index >= 15 is 0 Å². The molecule has 9 heteroatoms. The molecule has 53 heavy (non-hydrogen) atoms. The van der Waals surface area contributed by atoms with E-state index in [2.05, 4.69) is 83.4 Å². The molecule has 0 saturated heterocycles. The van der Waals surface area contributed by atoms with Gasteiger partial charge in [-0.25, -0.2) is 4.98 Å². The maximum atomic E-state index is 9.41. The summed E-state index contributed by atoms with van der Waals surface area (Å²) >= 11 is 6.89. The van der Waals surface area contributed by atoms with E-state index in [0.717, 1.165) is 63.5 Å². The van der Waals surface area contributed by atoms with Gasteiger partial charge in [-0.15, -0.1) is 0 Å². The zero-order chi connectivity index (χ0) is 36.6. The smallest absolute Gasteiger partial charge is 0.161 e. The summed E-state index contributed by atoms with van der Waals surface area (Å²) in [5.74, 6) is 2.70. The molecule has 8 nitrogen and oxygen atoms in total. The van der Waals surface area contributed by atoms with Crippen molar-refractivity contribution < 1.29 is 18.9 Å². The summed E-state index contributed by atoms with van der Waals surface area (Å²) in [6.45, 7) is 7.25. The van der Waals surface area contributed by atoms with Crippen LogP contribution >= 0.6 is 11.6 Å². The molecule has 1 aromatic heterocycles. The fourth-order valence-electron chi connectivity index (χ4n) is 6.43. The van der Waals surface area contributed by atoms with Crippen LogP contribution in [0.3, 0.4) is 0 Å². The number of nitrogens with one attached hydrogen (secondary N) is 1. The topological polar surface area (TPSA) is 90.6 Å². The molecular formula is C44H41ClN4O4. The second kappa shape index (κ2) is 16.7. The minimum absolute atomic E-state index is 0.134. The van der Waals surface area contributed by atoms with Gasteiger partial charge in [0.25, 0.3) is 0 Å². The van der Waals surface area contributed by atoms with Gasteiger partial charge < -0.3 is 28.8 Å². The molecule has 0 bridgehead atoms. The Morgan fingerprint density at radius 1 is 0.849 bits per heavy atom. The fraction of sp³-hybridized carbons (Fsp3) is 0.227. The van der Waals surface area contributed by atoms with Gasteiger partial charge in [0, 0.05) is 43.4 Å². The maximum absolute atomic E-state index is 9.41. The summed E-state index contributed by atoms with van der Waals surface area (Å²) in [6, 6.07) is 36.1. The van der Waals surface area contributed by atoms with E-state index in [-0.39, 0.29) is 12.6 Å². The second-order valence-electron chi connectivity index (χ2n) is 13.2. The SMILES string of the molecule is Cc1c(COc2cc(OCc3cccc(C#N)c3)c(CN[C@H](C)Cc3cn(Cc4ccccc4)cn3)cc2Cl)cccc1-c1ccc2c(c1)OCCO2. The number of nitriles is 1. The Morgan fingerprint density at radius 3 is 2.49 bits per heavy atom. The molecule has 0 fully saturated rings. The maximum Gasteiger partial charge on any atom is 0.161 e. The van der Waals surface area contributed by atoms with Gasteiger partial charge in [-0.3, -0.25) is 0 Å². The minimum atomic E-state index is 0.134. The van der Waals surface area contributed by atoms with E-state index in [1.807, 2.05) is 60.9 Å². The first kappa shape index (κ1) is 35.6. The Labute approximate surface area is 315 Å². The van der Waals surface area contributed by atoms with Crippen LogP contribution in [0, 0.1) is 18.3 Å². The van der Waals surface area contributed by atoms with Gasteiger partial charge >= 0.3 is 0 Å². The lowest BCUT2D eigenvalue weighted by atomic mass is 9.96. The van der Waals surface area contributed by atoms with E-state index in [1.165, 1.54) is 5.56 Å². The van der Waals surface area contributed by atoms with Gasteiger partial charge in [0.15, 0.2) is 11.5 Å². The van der Waals surface area contributed by atoms with Crippen molar-refractivity contribution in [2.24, 2.45) is 0 Å². The number of rotatable bonds is 14. The lowest BCUT2D eigenvalue weighted by Gasteiger charge is -2.20. The van der Waals surface area contributed by atoms with E-state index in [4.69, 9.17) is 30.5 Å². The Balaban J connectivity index is 1.06. The Bertz CT molecular complexity index is 2230. The molecule has 5 aromatic carbocycles. The van der Waals surface area contributed by atoms with Crippen LogP contribution in [0.15, 0.2) is 116 Å². The number of hydrogen-bond donors (Lipinski definition) is 1. The number of fused-ring (bicyclic) bond motifs is 1. The largest absolute Gasteiger partial charge is 0.488 e. The summed E-state index contributed by atoms with van der Waals surface area (Å²) in [6.07, 6.45) is 4.75. The fourth-order valence-corrected chi connectivity index (χ4v) is 6.67. The molecular weight excluding hydrogens is 684 g/mol. The number of benzene rings is 5. The molecule has 1 aliphatic heterocycles. The Morgan fingerprint density at radius 2 is 1.64 bits per heavy atom. The molecule has 2 heterocycles. The van der Waals surface area contributed by atoms with Gasteiger partial charge in [0.1, 0.15) is 37.9 Å². The van der Waals surface area contributed by atoms with Crippen molar-refractivity contribution in [3.63, 3.8) is 0 Å². The van der Waals surface area contributed by atoms with Crippen molar-refractivity contribution in [1.82, 2.24) is 14.9 Å². The molecule has 1 atom stereocenters. The number of imidazole rings is 1. The number of ether oxygens (including phenoxy) is 4. The third kappa shape index (κ3) is 9.01. The highest BCUT2D eigenvalue weighted by atomic mass is 35.5. The number of hydrogen-bond acceptors (Lipinski definition) is 7. The average molecular weight is 725 g/mol. The molecule has 0 aliphatic carbocycles. The second-order valence-corrected chi connectivity index (χ2v) is 13.6. The van der Waals surface area contributed by atoms with Crippen molar-refractivity contribution in [2.45, 2.75) is 52.6 Å². The minimum Gasteiger partial charge on any atom is -0.488 e. The summed E-state index contributed by atoms with van der Waals surface area (Å²) in [4.78, 5) is 4.65. The predicted octanol–water partition coefficient (Wildman–Crippen LogP) is 9.08. The third-order valence-corrected chi connectivity index (χ3v) is 9.59. The molecule has 0 amide bonds. The van der Waals surface area contributed by atoms with E-state index in [0.29, 0.717) is 48.5 Å². The number of nitrogens with zero attached hydrogens (tertiary/aromatic N) is 3. The quantitative estimate of drug-likeness (QED) is 0.120. The average Bonchev–Trinajstić information content (AvgIpc) is 3.62. The van der Waals surface area contributed by atoms with E-state index in [1.54, 1.807) is 6.07 Å². The van der Waals surface area contributed by atoms with Crippen LogP contribution in [0.1, 0.15) is 46.0 Å². The normalized spacial score (nSPS) is 12.6. The highest BCUT2D eigenvalue weighted by molar-refractivity contribution is 6.32. The highest BCUT2D eigenvalue weighted by Gasteiger charge is 2.17. The van der Waals surface area contributed by atoms with Crippen LogP contribution in [0.2, 0.25) is 5.02 Å². The third-order valence-electron chi connectivity index (χ3n) is 9.30. The van der Waals surface area contributed by atoms with Crippen LogP contribution < -0.4 is 24.3 Å². The summed E-state index contributed by atoms with van der Waals surface area (Å²) in [5.41, 5.74) is 8.92. The molecule has 6 aromatic rings. The van der Waals surface area contributed by atoms with E-state index in [9.17, 15) is 5.26 Å². The van der Waals surface area contributed by atoms with Gasteiger partial charge in [0.05, 0.1) is 28.7 Å². The van der Waals surface area contributed by atoms with Crippen molar-refractivity contribution in [2.75, 3.05) is 13.2 Å². The number of halogens is 1. The first-order valence-corrected chi connectivity index (χ1v) is 18.1. The standard InChI is InChI=1S/C44H41ClN4O4/c1-30(18-38-26-49(29-48-38)25-32-8-4-3-5-9-32)47-24-37-20-40(45)43(22-42(37)52-27-34-11-6-10-33(19-34)23-46)53-28-36-12-7-13-39(31(36)2)35-14-15-41-44(21-35)51-17-16-50-41/h3-15,19-22,26,29-30,47H,16-18,24-25,27-28H2,1-2H3/t30-/m1/s1. The van der Waals surface area contributed by atoms with Gasteiger partial charge in [-0.1, -0.05) is 78.3 Å². The zero-order valence-electron chi connectivity index (χ0n) is 29.8. The molecule has 1 N–H and O–H groups in total. The van der Waals surface area contributed by atoms with Crippen LogP contribution in [-0.2, 0) is 32.7 Å². The predicted molar refractivity (Wildman–Crippen MR) is 207 cm³/mol. The van der Waals surface area contributed by atoms with Gasteiger partial charge in [-0.05, 0) is 77.6 Å². The first-order valence-electron chi connectivity index (χ1n) is 17.8. The molecule has 1 aliphatic rings.